The molecule has 0 aliphatic heterocycles. The summed E-state index contributed by atoms with van der Waals surface area (Å²) in [5.41, 5.74) is 6.78. The molecule has 0 saturated carbocycles. The van der Waals surface area contributed by atoms with Crippen LogP contribution in [0.1, 0.15) is 30.5 Å². The van der Waals surface area contributed by atoms with E-state index in [1.54, 1.807) is 26.6 Å². The van der Waals surface area contributed by atoms with Gasteiger partial charge in [-0.1, -0.05) is 17.7 Å². The zero-order chi connectivity index (χ0) is 25.8. The topological polar surface area (TPSA) is 69.9 Å². The molecular weight excluding hydrogens is 454 g/mol. The van der Waals surface area contributed by atoms with Crippen LogP contribution in [0.15, 0.2) is 65.3 Å². The number of nitrogens with one attached hydrogen (secondary N) is 1. The molecule has 3 aromatic carbocycles. The summed E-state index contributed by atoms with van der Waals surface area (Å²) in [6.07, 6.45) is 3.31. The van der Waals surface area contributed by atoms with Crippen LogP contribution in [0.3, 0.4) is 0 Å². The van der Waals surface area contributed by atoms with Gasteiger partial charge in [-0.15, -0.1) is 0 Å². The maximum atomic E-state index is 12.8. The Morgan fingerprint density at radius 2 is 1.75 bits per heavy atom. The van der Waals surface area contributed by atoms with Gasteiger partial charge in [-0.3, -0.25) is 4.79 Å². The van der Waals surface area contributed by atoms with Crippen molar-refractivity contribution in [2.75, 3.05) is 26.1 Å². The van der Waals surface area contributed by atoms with Gasteiger partial charge in [0.25, 0.3) is 0 Å². The Labute approximate surface area is 211 Å². The third-order valence-electron chi connectivity index (χ3n) is 6.12. The fourth-order valence-electron chi connectivity index (χ4n) is 4.26. The number of methoxy groups -OCH3 is 2. The number of allylic oxidation sites excluding steroid dienone is 1. The molecule has 1 aromatic heterocycles. The monoisotopic (exact) mass is 485 g/mol. The Bertz CT molecular complexity index is 1430. The van der Waals surface area contributed by atoms with Gasteiger partial charge in [0, 0.05) is 39.4 Å². The number of furan rings is 1. The summed E-state index contributed by atoms with van der Waals surface area (Å²) in [5, 5.41) is 3.82. The molecule has 4 rings (SSSR count). The fourth-order valence-corrected chi connectivity index (χ4v) is 4.26. The second-order valence-corrected chi connectivity index (χ2v) is 8.59. The molecule has 0 fully saturated rings. The molecule has 0 bridgehead atoms. The molecular formula is C30H31NO5. The van der Waals surface area contributed by atoms with Gasteiger partial charge in [-0.25, -0.2) is 0 Å². The van der Waals surface area contributed by atoms with Crippen LogP contribution in [0.5, 0.6) is 17.2 Å². The van der Waals surface area contributed by atoms with Crippen LogP contribution < -0.4 is 19.5 Å². The molecule has 186 valence electrons. The molecule has 6 heteroatoms. The number of rotatable bonds is 8. The van der Waals surface area contributed by atoms with Gasteiger partial charge in [0.05, 0.1) is 27.1 Å². The Hall–Kier alpha value is -4.19. The summed E-state index contributed by atoms with van der Waals surface area (Å²) >= 11 is 0. The van der Waals surface area contributed by atoms with E-state index >= 15 is 0 Å². The molecule has 0 saturated heterocycles. The first-order valence-electron chi connectivity index (χ1n) is 11.8. The first kappa shape index (κ1) is 24.9. The molecule has 0 aliphatic rings. The third-order valence-corrected chi connectivity index (χ3v) is 6.12. The predicted octanol–water partition coefficient (Wildman–Crippen LogP) is 7.17. The number of hydrogen-bond donors (Lipinski definition) is 1. The number of aryl methyl sites for hydroxylation is 2. The minimum Gasteiger partial charge on any atom is -0.497 e. The Balaban J connectivity index is 1.82. The van der Waals surface area contributed by atoms with Crippen LogP contribution >= 0.6 is 0 Å². The highest BCUT2D eigenvalue weighted by Gasteiger charge is 2.21. The van der Waals surface area contributed by atoms with Crippen molar-refractivity contribution in [3.05, 3.63) is 77.6 Å². The van der Waals surface area contributed by atoms with Gasteiger partial charge >= 0.3 is 0 Å². The van der Waals surface area contributed by atoms with Crippen LogP contribution in [-0.4, -0.2) is 26.7 Å². The SMILES string of the molecule is CCOc1c(/C(C)=C/C(=O)Nc2ccc(C)cc2)cc2c(-c3cc(OC)ccc3OC)coc2c1C. The molecule has 0 aliphatic carbocycles. The van der Waals surface area contributed by atoms with E-state index in [1.807, 2.05) is 76.2 Å². The van der Waals surface area contributed by atoms with E-state index in [-0.39, 0.29) is 5.91 Å². The van der Waals surface area contributed by atoms with Crippen LogP contribution in [0.25, 0.3) is 27.7 Å². The standard InChI is InChI=1S/C30H31NO5/c1-7-35-29-20(4)30-25(26(17-36-30)24-15-22(33-5)12-13-27(24)34-6)16-23(29)19(3)14-28(32)31-21-10-8-18(2)9-11-21/h8-17H,7H2,1-6H3,(H,31,32)/b19-14+. The quantitative estimate of drug-likeness (QED) is 0.268. The number of ether oxygens (including phenoxy) is 3. The minimum absolute atomic E-state index is 0.210. The van der Waals surface area contributed by atoms with Crippen LogP contribution in [-0.2, 0) is 4.79 Å². The van der Waals surface area contributed by atoms with Crippen molar-refractivity contribution in [2.45, 2.75) is 27.7 Å². The minimum atomic E-state index is -0.210. The van der Waals surface area contributed by atoms with Crippen molar-refractivity contribution in [3.63, 3.8) is 0 Å². The van der Waals surface area contributed by atoms with Gasteiger partial charge in [0.1, 0.15) is 22.8 Å². The summed E-state index contributed by atoms with van der Waals surface area (Å²) in [6, 6.07) is 15.4. The normalized spacial score (nSPS) is 11.4. The van der Waals surface area contributed by atoms with E-state index in [4.69, 9.17) is 18.6 Å². The second-order valence-electron chi connectivity index (χ2n) is 8.59. The Kier molecular flexibility index (Phi) is 7.34. The largest absolute Gasteiger partial charge is 0.497 e. The lowest BCUT2D eigenvalue weighted by molar-refractivity contribution is -0.111. The number of anilines is 1. The molecule has 0 atom stereocenters. The van der Waals surface area contributed by atoms with Crippen LogP contribution in [0.2, 0.25) is 0 Å². The molecule has 0 spiro atoms. The van der Waals surface area contributed by atoms with Gasteiger partial charge in [-0.05, 0) is 69.7 Å². The van der Waals surface area contributed by atoms with Crippen molar-refractivity contribution in [1.29, 1.82) is 0 Å². The summed E-state index contributed by atoms with van der Waals surface area (Å²) in [4.78, 5) is 12.8. The van der Waals surface area contributed by atoms with Gasteiger partial charge in [-0.2, -0.15) is 0 Å². The van der Waals surface area contributed by atoms with Crippen molar-refractivity contribution in [3.8, 4) is 28.4 Å². The molecule has 0 unspecified atom stereocenters. The number of hydrogen-bond acceptors (Lipinski definition) is 5. The molecule has 4 aromatic rings. The number of fused-ring (bicyclic) bond motifs is 1. The first-order valence-corrected chi connectivity index (χ1v) is 11.8. The van der Waals surface area contributed by atoms with E-state index in [9.17, 15) is 4.79 Å². The van der Waals surface area contributed by atoms with Crippen molar-refractivity contribution >= 4 is 28.1 Å². The summed E-state index contributed by atoms with van der Waals surface area (Å²) in [6.45, 7) is 8.30. The lowest BCUT2D eigenvalue weighted by Crippen LogP contribution is -2.09. The molecule has 0 radical (unpaired) electrons. The maximum absolute atomic E-state index is 12.8. The van der Waals surface area contributed by atoms with Crippen molar-refractivity contribution < 1.29 is 23.4 Å². The van der Waals surface area contributed by atoms with Crippen LogP contribution in [0.4, 0.5) is 5.69 Å². The summed E-state index contributed by atoms with van der Waals surface area (Å²) in [5.74, 6) is 1.90. The highest BCUT2D eigenvalue weighted by atomic mass is 16.5. The van der Waals surface area contributed by atoms with E-state index in [1.165, 1.54) is 0 Å². The van der Waals surface area contributed by atoms with Gasteiger partial charge in [0.15, 0.2) is 0 Å². The fraction of sp³-hybridized carbons (Fsp3) is 0.233. The zero-order valence-corrected chi connectivity index (χ0v) is 21.5. The van der Waals surface area contributed by atoms with Gasteiger partial charge in [0.2, 0.25) is 5.91 Å². The average Bonchev–Trinajstić information content (AvgIpc) is 3.30. The van der Waals surface area contributed by atoms with E-state index in [2.05, 4.69) is 5.32 Å². The molecule has 36 heavy (non-hydrogen) atoms. The zero-order valence-electron chi connectivity index (χ0n) is 21.5. The van der Waals surface area contributed by atoms with E-state index in [0.29, 0.717) is 23.9 Å². The number of carbonyl (C=O) groups is 1. The molecule has 1 heterocycles. The van der Waals surface area contributed by atoms with Crippen molar-refractivity contribution in [1.82, 2.24) is 0 Å². The predicted molar refractivity (Wildman–Crippen MR) is 144 cm³/mol. The van der Waals surface area contributed by atoms with E-state index in [0.717, 1.165) is 50.0 Å². The molecule has 1 amide bonds. The summed E-state index contributed by atoms with van der Waals surface area (Å²) < 4.78 is 23.1. The number of carbonyl (C=O) groups excluding carboxylic acids is 1. The molecule has 6 nitrogen and oxygen atoms in total. The highest BCUT2D eigenvalue weighted by molar-refractivity contribution is 6.06. The average molecular weight is 486 g/mol. The first-order chi connectivity index (χ1) is 17.4. The highest BCUT2D eigenvalue weighted by Crippen LogP contribution is 2.43. The lowest BCUT2D eigenvalue weighted by atomic mass is 9.96. The van der Waals surface area contributed by atoms with E-state index < -0.39 is 0 Å². The van der Waals surface area contributed by atoms with Crippen molar-refractivity contribution in [2.24, 2.45) is 0 Å². The van der Waals surface area contributed by atoms with Gasteiger partial charge < -0.3 is 23.9 Å². The Morgan fingerprint density at radius 1 is 1.00 bits per heavy atom. The number of amides is 1. The second kappa shape index (κ2) is 10.6. The Morgan fingerprint density at radius 3 is 2.42 bits per heavy atom. The summed E-state index contributed by atoms with van der Waals surface area (Å²) in [7, 11) is 3.27. The smallest absolute Gasteiger partial charge is 0.248 e. The maximum Gasteiger partial charge on any atom is 0.248 e. The number of benzene rings is 3. The molecule has 1 N–H and O–H groups in total. The van der Waals surface area contributed by atoms with Crippen LogP contribution in [0, 0.1) is 13.8 Å². The lowest BCUT2D eigenvalue weighted by Gasteiger charge is -2.15. The third kappa shape index (κ3) is 4.93.